The molecule has 0 radical (unpaired) electrons. The number of amides is 1. The molecule has 31 heavy (non-hydrogen) atoms. The highest BCUT2D eigenvalue weighted by Gasteiger charge is 2.46. The second-order valence-corrected chi connectivity index (χ2v) is 9.28. The normalized spacial score (nSPS) is 32.7. The van der Waals surface area contributed by atoms with Crippen LogP contribution < -0.4 is 0 Å². The van der Waals surface area contributed by atoms with Gasteiger partial charge in [-0.1, -0.05) is 18.2 Å². The topological polar surface area (TPSA) is 66.1 Å². The standard InChI is InChI=1S/C24H28N6O/c1-28-23(31)14-21(16-8-10-25-11-9-16)27-24(28)30-17-6-7-18(30)13-19(12-17)29-15-26-20-4-2-3-5-22(20)29/h2-5,8,10-11,15-19,21H,6-7,9,12-14H2,1H3/t16?,17-,18+,19?,21?. The summed E-state index contributed by atoms with van der Waals surface area (Å²) in [6.07, 6.45) is 13.7. The van der Waals surface area contributed by atoms with Crippen LogP contribution in [0.4, 0.5) is 0 Å². The summed E-state index contributed by atoms with van der Waals surface area (Å²) in [6.45, 7) is 0. The predicted molar refractivity (Wildman–Crippen MR) is 121 cm³/mol. The monoisotopic (exact) mass is 416 g/mol. The van der Waals surface area contributed by atoms with Crippen LogP contribution in [0, 0.1) is 5.92 Å². The van der Waals surface area contributed by atoms with Crippen LogP contribution in [0.1, 0.15) is 44.6 Å². The van der Waals surface area contributed by atoms with Crippen LogP contribution in [0.3, 0.4) is 0 Å². The minimum atomic E-state index is 0.0106. The van der Waals surface area contributed by atoms with Gasteiger partial charge in [-0.2, -0.15) is 0 Å². The fourth-order valence-corrected chi connectivity index (χ4v) is 5.93. The number of rotatable bonds is 2. The number of hydrogen-bond donors (Lipinski definition) is 0. The molecular formula is C24H28N6O. The largest absolute Gasteiger partial charge is 0.336 e. The highest BCUT2D eigenvalue weighted by Crippen LogP contribution is 2.43. The smallest absolute Gasteiger partial charge is 0.231 e. The summed E-state index contributed by atoms with van der Waals surface area (Å²) in [4.78, 5) is 31.1. The maximum Gasteiger partial charge on any atom is 0.231 e. The molecule has 5 heterocycles. The maximum atomic E-state index is 12.9. The van der Waals surface area contributed by atoms with Crippen molar-refractivity contribution in [2.45, 2.75) is 62.7 Å². The van der Waals surface area contributed by atoms with Crippen LogP contribution in [0.2, 0.25) is 0 Å². The molecule has 1 amide bonds. The number of carbonyl (C=O) groups excluding carboxylic acids is 1. The molecule has 0 aliphatic carbocycles. The van der Waals surface area contributed by atoms with Crippen molar-refractivity contribution >= 4 is 29.1 Å². The van der Waals surface area contributed by atoms with Gasteiger partial charge in [0.2, 0.25) is 11.9 Å². The van der Waals surface area contributed by atoms with E-state index in [2.05, 4.69) is 43.7 Å². The Bertz CT molecular complexity index is 1090. The minimum absolute atomic E-state index is 0.0106. The van der Waals surface area contributed by atoms with Crippen LogP contribution in [-0.2, 0) is 4.79 Å². The number of carbonyl (C=O) groups is 1. The van der Waals surface area contributed by atoms with Gasteiger partial charge in [0.1, 0.15) is 0 Å². The average Bonchev–Trinajstić information content (AvgIpc) is 3.34. The average molecular weight is 417 g/mol. The Balaban J connectivity index is 1.28. The van der Waals surface area contributed by atoms with Crippen molar-refractivity contribution in [3.8, 4) is 0 Å². The van der Waals surface area contributed by atoms with Gasteiger partial charge in [0.05, 0.1) is 29.8 Å². The first-order valence-electron chi connectivity index (χ1n) is 11.4. The lowest BCUT2D eigenvalue weighted by Crippen LogP contribution is -2.56. The summed E-state index contributed by atoms with van der Waals surface area (Å²) in [7, 11) is 1.89. The third kappa shape index (κ3) is 3.09. The van der Waals surface area contributed by atoms with Gasteiger partial charge in [0.15, 0.2) is 0 Å². The number of aliphatic imine (C=N–C) groups is 2. The van der Waals surface area contributed by atoms with Crippen LogP contribution in [-0.4, -0.2) is 62.6 Å². The van der Waals surface area contributed by atoms with Crippen LogP contribution in [0.5, 0.6) is 0 Å². The minimum Gasteiger partial charge on any atom is -0.336 e. The Hall–Kier alpha value is -2.96. The molecule has 2 aromatic rings. The molecule has 160 valence electrons. The van der Waals surface area contributed by atoms with Crippen molar-refractivity contribution in [2.24, 2.45) is 15.9 Å². The third-order valence-electron chi connectivity index (χ3n) is 7.55. The Morgan fingerprint density at radius 3 is 2.65 bits per heavy atom. The van der Waals surface area contributed by atoms with E-state index in [-0.39, 0.29) is 17.9 Å². The van der Waals surface area contributed by atoms with E-state index in [1.807, 2.05) is 31.9 Å². The van der Waals surface area contributed by atoms with E-state index in [1.54, 1.807) is 4.90 Å². The molecule has 1 aromatic carbocycles. The molecule has 4 aliphatic rings. The van der Waals surface area contributed by atoms with E-state index in [4.69, 9.17) is 4.99 Å². The van der Waals surface area contributed by atoms with Crippen molar-refractivity contribution in [1.82, 2.24) is 19.4 Å². The lowest BCUT2D eigenvalue weighted by Gasteiger charge is -2.45. The van der Waals surface area contributed by atoms with Gasteiger partial charge in [-0.25, -0.2) is 9.98 Å². The van der Waals surface area contributed by atoms with Crippen LogP contribution in [0.25, 0.3) is 11.0 Å². The Kier molecular flexibility index (Phi) is 4.44. The van der Waals surface area contributed by atoms with Crippen molar-refractivity contribution in [2.75, 3.05) is 7.05 Å². The van der Waals surface area contributed by atoms with Crippen LogP contribution in [0.15, 0.2) is 52.9 Å². The number of para-hydroxylation sites is 2. The number of fused-ring (bicyclic) bond motifs is 3. The van der Waals surface area contributed by atoms with Gasteiger partial charge in [-0.3, -0.25) is 14.7 Å². The second-order valence-electron chi connectivity index (χ2n) is 9.28. The van der Waals surface area contributed by atoms with Crippen molar-refractivity contribution in [3.05, 3.63) is 42.9 Å². The molecule has 5 atom stereocenters. The summed E-state index contributed by atoms with van der Waals surface area (Å²) >= 11 is 0. The predicted octanol–water partition coefficient (Wildman–Crippen LogP) is 3.40. The number of nitrogens with zero attached hydrogens (tertiary/aromatic N) is 6. The molecule has 0 N–H and O–H groups in total. The van der Waals surface area contributed by atoms with Crippen molar-refractivity contribution < 1.29 is 4.79 Å². The zero-order valence-corrected chi connectivity index (χ0v) is 17.8. The maximum absolute atomic E-state index is 12.9. The molecule has 2 bridgehead atoms. The second kappa shape index (κ2) is 7.32. The molecule has 2 fully saturated rings. The summed E-state index contributed by atoms with van der Waals surface area (Å²) in [5, 5.41) is 0. The third-order valence-corrected chi connectivity index (χ3v) is 7.55. The van der Waals surface area contributed by atoms with E-state index >= 15 is 0 Å². The molecule has 6 rings (SSSR count). The molecule has 7 nitrogen and oxygen atoms in total. The first-order valence-corrected chi connectivity index (χ1v) is 11.4. The highest BCUT2D eigenvalue weighted by molar-refractivity contribution is 5.99. The highest BCUT2D eigenvalue weighted by atomic mass is 16.2. The van der Waals surface area contributed by atoms with Gasteiger partial charge in [0, 0.05) is 43.5 Å². The Morgan fingerprint density at radius 2 is 1.87 bits per heavy atom. The van der Waals surface area contributed by atoms with Gasteiger partial charge in [-0.05, 0) is 44.2 Å². The number of imidazole rings is 1. The van der Waals surface area contributed by atoms with Crippen LogP contribution >= 0.6 is 0 Å². The fourth-order valence-electron chi connectivity index (χ4n) is 5.93. The quantitative estimate of drug-likeness (QED) is 0.754. The van der Waals surface area contributed by atoms with Gasteiger partial charge >= 0.3 is 0 Å². The molecule has 7 heteroatoms. The van der Waals surface area contributed by atoms with E-state index in [0.717, 1.165) is 43.6 Å². The zero-order chi connectivity index (χ0) is 20.9. The molecule has 3 unspecified atom stereocenters. The first kappa shape index (κ1) is 18.8. The first-order chi connectivity index (χ1) is 15.2. The molecule has 4 aliphatic heterocycles. The number of hydrogen-bond acceptors (Lipinski definition) is 5. The Labute approximate surface area is 182 Å². The van der Waals surface area contributed by atoms with E-state index in [0.29, 0.717) is 24.5 Å². The molecule has 1 aromatic heterocycles. The number of guanidine groups is 1. The molecule has 0 saturated carbocycles. The number of piperidine rings is 1. The van der Waals surface area contributed by atoms with Gasteiger partial charge in [-0.15, -0.1) is 0 Å². The lowest BCUT2D eigenvalue weighted by atomic mass is 9.91. The molecule has 2 saturated heterocycles. The SMILES string of the molecule is CN1C(=O)CC(C2C=CN=CC2)N=C1N1[C@@H]2CC[C@H]1CC(n1cnc3ccccc31)C2. The summed E-state index contributed by atoms with van der Waals surface area (Å²) in [5.74, 6) is 1.32. The number of aromatic nitrogens is 2. The van der Waals surface area contributed by atoms with E-state index in [9.17, 15) is 4.79 Å². The van der Waals surface area contributed by atoms with Gasteiger partial charge < -0.3 is 9.47 Å². The molecule has 0 spiro atoms. The molecular weight excluding hydrogens is 388 g/mol. The van der Waals surface area contributed by atoms with Crippen molar-refractivity contribution in [3.63, 3.8) is 0 Å². The Morgan fingerprint density at radius 1 is 1.06 bits per heavy atom. The van der Waals surface area contributed by atoms with E-state index < -0.39 is 0 Å². The summed E-state index contributed by atoms with van der Waals surface area (Å²) in [6, 6.07) is 9.67. The van der Waals surface area contributed by atoms with E-state index in [1.165, 1.54) is 5.52 Å². The van der Waals surface area contributed by atoms with Gasteiger partial charge in [0.25, 0.3) is 0 Å². The fraction of sp³-hybridized carbons (Fsp3) is 0.500. The van der Waals surface area contributed by atoms with Crippen molar-refractivity contribution in [1.29, 1.82) is 0 Å². The number of benzene rings is 1. The lowest BCUT2D eigenvalue weighted by molar-refractivity contribution is -0.128. The summed E-state index contributed by atoms with van der Waals surface area (Å²) < 4.78 is 2.37. The zero-order valence-electron chi connectivity index (χ0n) is 17.8. The summed E-state index contributed by atoms with van der Waals surface area (Å²) in [5.41, 5.74) is 2.28.